The molecule has 0 radical (unpaired) electrons. The zero-order chi connectivity index (χ0) is 15.4. The lowest BCUT2D eigenvalue weighted by Gasteiger charge is -2.07. The Bertz CT molecular complexity index is 680. The lowest BCUT2D eigenvalue weighted by molar-refractivity contribution is -0.387. The van der Waals surface area contributed by atoms with E-state index < -0.39 is 22.2 Å². The van der Waals surface area contributed by atoms with Gasteiger partial charge in [-0.2, -0.15) is 4.39 Å². The first-order valence-electron chi connectivity index (χ1n) is 6.05. The molecule has 2 aromatic rings. The minimum atomic E-state index is -0.855. The predicted octanol–water partition coefficient (Wildman–Crippen LogP) is 3.82. The molecule has 21 heavy (non-hydrogen) atoms. The zero-order valence-electron chi connectivity index (χ0n) is 10.8. The van der Waals surface area contributed by atoms with Crippen LogP contribution in [-0.2, 0) is 13.1 Å². The molecule has 2 rings (SSSR count). The molecule has 110 valence electrons. The van der Waals surface area contributed by atoms with Crippen LogP contribution in [0.5, 0.6) is 0 Å². The largest absolute Gasteiger partial charge is 0.309 e. The second-order valence-corrected chi connectivity index (χ2v) is 4.77. The van der Waals surface area contributed by atoms with E-state index in [1.54, 1.807) is 6.07 Å². The summed E-state index contributed by atoms with van der Waals surface area (Å²) in [6, 6.07) is 8.26. The van der Waals surface area contributed by atoms with Gasteiger partial charge in [0, 0.05) is 24.7 Å². The number of nitrogens with one attached hydrogen (secondary N) is 1. The Morgan fingerprint density at radius 1 is 1.19 bits per heavy atom. The standard InChI is InChI=1S/C14H11ClF2N2O2/c15-11-6-9(4-5-12(11)16)7-18-8-10-2-1-3-13(14(10)17)19(20)21/h1-6,18H,7-8H2. The Hall–Kier alpha value is -2.05. The fourth-order valence-corrected chi connectivity index (χ4v) is 2.04. The molecular weight excluding hydrogens is 302 g/mol. The van der Waals surface area contributed by atoms with Gasteiger partial charge >= 0.3 is 5.69 Å². The number of halogens is 3. The van der Waals surface area contributed by atoms with Gasteiger partial charge < -0.3 is 5.32 Å². The first-order chi connectivity index (χ1) is 9.99. The summed E-state index contributed by atoms with van der Waals surface area (Å²) in [5, 5.41) is 13.6. The fraction of sp³-hybridized carbons (Fsp3) is 0.143. The van der Waals surface area contributed by atoms with Gasteiger partial charge in [0.1, 0.15) is 5.82 Å². The fourth-order valence-electron chi connectivity index (χ4n) is 1.83. The normalized spacial score (nSPS) is 10.6. The maximum Gasteiger partial charge on any atom is 0.305 e. The predicted molar refractivity (Wildman–Crippen MR) is 75.0 cm³/mol. The van der Waals surface area contributed by atoms with Crippen LogP contribution >= 0.6 is 11.6 Å². The second-order valence-electron chi connectivity index (χ2n) is 4.36. The van der Waals surface area contributed by atoms with Crippen molar-refractivity contribution in [2.75, 3.05) is 0 Å². The van der Waals surface area contributed by atoms with Crippen LogP contribution in [0.15, 0.2) is 36.4 Å². The van der Waals surface area contributed by atoms with Crippen LogP contribution < -0.4 is 5.32 Å². The lowest BCUT2D eigenvalue weighted by atomic mass is 10.1. The van der Waals surface area contributed by atoms with E-state index in [1.807, 2.05) is 0 Å². The Labute approximate surface area is 124 Å². The number of nitro groups is 1. The topological polar surface area (TPSA) is 55.2 Å². The highest BCUT2D eigenvalue weighted by atomic mass is 35.5. The molecule has 0 heterocycles. The van der Waals surface area contributed by atoms with Gasteiger partial charge in [0.05, 0.1) is 9.95 Å². The number of rotatable bonds is 5. The van der Waals surface area contributed by atoms with Gasteiger partial charge in [-0.3, -0.25) is 10.1 Å². The minimum Gasteiger partial charge on any atom is -0.309 e. The molecule has 1 N–H and O–H groups in total. The monoisotopic (exact) mass is 312 g/mol. The molecule has 2 aromatic carbocycles. The summed E-state index contributed by atoms with van der Waals surface area (Å²) in [6.07, 6.45) is 0. The van der Waals surface area contributed by atoms with Crippen molar-refractivity contribution in [3.8, 4) is 0 Å². The molecule has 0 aromatic heterocycles. The quantitative estimate of drug-likeness (QED) is 0.674. The number of hydrogen-bond acceptors (Lipinski definition) is 3. The third-order valence-electron chi connectivity index (χ3n) is 2.88. The zero-order valence-corrected chi connectivity index (χ0v) is 11.5. The maximum atomic E-state index is 13.8. The minimum absolute atomic E-state index is 0.0100. The number of hydrogen-bond donors (Lipinski definition) is 1. The van der Waals surface area contributed by atoms with Crippen LogP contribution in [-0.4, -0.2) is 4.92 Å². The van der Waals surface area contributed by atoms with Crippen molar-refractivity contribution >= 4 is 17.3 Å². The van der Waals surface area contributed by atoms with Gasteiger partial charge in [-0.05, 0) is 17.7 Å². The molecule has 0 atom stereocenters. The van der Waals surface area contributed by atoms with Crippen LogP contribution in [0.25, 0.3) is 0 Å². The van der Waals surface area contributed by atoms with Gasteiger partial charge in [0.15, 0.2) is 0 Å². The highest BCUT2D eigenvalue weighted by Crippen LogP contribution is 2.20. The van der Waals surface area contributed by atoms with Gasteiger partial charge in [-0.1, -0.05) is 29.8 Å². The van der Waals surface area contributed by atoms with Crippen molar-refractivity contribution in [2.45, 2.75) is 13.1 Å². The van der Waals surface area contributed by atoms with E-state index in [4.69, 9.17) is 11.6 Å². The van der Waals surface area contributed by atoms with Crippen LogP contribution in [0, 0.1) is 21.7 Å². The smallest absolute Gasteiger partial charge is 0.305 e. The van der Waals surface area contributed by atoms with Crippen LogP contribution in [0.1, 0.15) is 11.1 Å². The molecule has 0 saturated carbocycles. The van der Waals surface area contributed by atoms with Gasteiger partial charge in [0.2, 0.25) is 5.82 Å². The summed E-state index contributed by atoms with van der Waals surface area (Å²) in [6.45, 7) is 0.449. The van der Waals surface area contributed by atoms with Crippen molar-refractivity contribution in [3.63, 3.8) is 0 Å². The average Bonchev–Trinajstić information content (AvgIpc) is 2.44. The van der Waals surface area contributed by atoms with E-state index in [9.17, 15) is 18.9 Å². The van der Waals surface area contributed by atoms with E-state index >= 15 is 0 Å². The summed E-state index contributed by atoms with van der Waals surface area (Å²) in [4.78, 5) is 9.87. The summed E-state index contributed by atoms with van der Waals surface area (Å²) < 4.78 is 26.8. The second kappa shape index (κ2) is 6.60. The van der Waals surface area contributed by atoms with Gasteiger partial charge in [-0.15, -0.1) is 0 Å². The molecule has 0 aliphatic heterocycles. The van der Waals surface area contributed by atoms with Crippen molar-refractivity contribution < 1.29 is 13.7 Å². The highest BCUT2D eigenvalue weighted by Gasteiger charge is 2.16. The molecule has 0 unspecified atom stereocenters. The Morgan fingerprint density at radius 3 is 2.62 bits per heavy atom. The third-order valence-corrected chi connectivity index (χ3v) is 3.17. The van der Waals surface area contributed by atoms with E-state index in [0.29, 0.717) is 6.54 Å². The molecule has 0 saturated heterocycles. The molecular formula is C14H11ClF2N2O2. The summed E-state index contributed by atoms with van der Waals surface area (Å²) >= 11 is 5.65. The Balaban J connectivity index is 2.02. The summed E-state index contributed by atoms with van der Waals surface area (Å²) in [5.41, 5.74) is 0.365. The average molecular weight is 313 g/mol. The molecule has 0 spiro atoms. The Kier molecular flexibility index (Phi) is 4.82. The molecule has 0 aliphatic rings. The molecule has 7 heteroatoms. The van der Waals surface area contributed by atoms with E-state index in [0.717, 1.165) is 11.6 Å². The number of benzene rings is 2. The molecule has 4 nitrogen and oxygen atoms in total. The van der Waals surface area contributed by atoms with Crippen LogP contribution in [0.2, 0.25) is 5.02 Å². The molecule has 0 aliphatic carbocycles. The summed E-state index contributed by atoms with van der Waals surface area (Å²) in [7, 11) is 0. The van der Waals surface area contributed by atoms with Crippen molar-refractivity contribution in [1.29, 1.82) is 0 Å². The highest BCUT2D eigenvalue weighted by molar-refractivity contribution is 6.30. The first kappa shape index (κ1) is 15.3. The summed E-state index contributed by atoms with van der Waals surface area (Å²) in [5.74, 6) is -1.36. The van der Waals surface area contributed by atoms with E-state index in [1.165, 1.54) is 24.3 Å². The maximum absolute atomic E-state index is 13.8. The molecule has 0 fully saturated rings. The van der Waals surface area contributed by atoms with Crippen molar-refractivity contribution in [1.82, 2.24) is 5.32 Å². The third kappa shape index (κ3) is 3.74. The molecule has 0 amide bonds. The van der Waals surface area contributed by atoms with Crippen LogP contribution in [0.3, 0.4) is 0 Å². The van der Waals surface area contributed by atoms with Crippen molar-refractivity contribution in [3.05, 3.63) is 74.3 Å². The van der Waals surface area contributed by atoms with Crippen molar-refractivity contribution in [2.24, 2.45) is 0 Å². The number of nitrogens with zero attached hydrogens (tertiary/aromatic N) is 1. The Morgan fingerprint density at radius 2 is 1.95 bits per heavy atom. The van der Waals surface area contributed by atoms with Crippen LogP contribution in [0.4, 0.5) is 14.5 Å². The van der Waals surface area contributed by atoms with E-state index in [-0.39, 0.29) is 17.1 Å². The van der Waals surface area contributed by atoms with Gasteiger partial charge in [0.25, 0.3) is 0 Å². The van der Waals surface area contributed by atoms with Gasteiger partial charge in [-0.25, -0.2) is 4.39 Å². The molecule has 0 bridgehead atoms. The SMILES string of the molecule is O=[N+]([O-])c1cccc(CNCc2ccc(F)c(Cl)c2)c1F. The first-order valence-corrected chi connectivity index (χ1v) is 6.43. The van der Waals surface area contributed by atoms with E-state index in [2.05, 4.69) is 5.32 Å². The lowest BCUT2D eigenvalue weighted by Crippen LogP contribution is -2.14. The number of nitro benzene ring substituents is 1.